The lowest BCUT2D eigenvalue weighted by Gasteiger charge is -2.16. The van der Waals surface area contributed by atoms with Gasteiger partial charge in [0.15, 0.2) is 0 Å². The zero-order chi connectivity index (χ0) is 18.4. The van der Waals surface area contributed by atoms with Gasteiger partial charge >= 0.3 is 0 Å². The number of nitrogens with one attached hydrogen (secondary N) is 1. The number of hydrogen-bond donors (Lipinski definition) is 2. The Morgan fingerprint density at radius 1 is 1.32 bits per heavy atom. The lowest BCUT2D eigenvalue weighted by Crippen LogP contribution is -2.16. The van der Waals surface area contributed by atoms with Gasteiger partial charge in [-0.3, -0.25) is 4.98 Å². The molecule has 0 atom stereocenters. The summed E-state index contributed by atoms with van der Waals surface area (Å²) in [5, 5.41) is 3.65. The Hall–Kier alpha value is -2.36. The van der Waals surface area contributed by atoms with Crippen LogP contribution in [0.3, 0.4) is 0 Å². The maximum absolute atomic E-state index is 6.06. The Morgan fingerprint density at radius 3 is 2.68 bits per heavy atom. The number of ether oxygens (including phenoxy) is 1. The number of aryl methyl sites for hydroxylation is 1. The summed E-state index contributed by atoms with van der Waals surface area (Å²) in [7, 11) is 1.64. The topological polar surface area (TPSA) is 86.0 Å². The summed E-state index contributed by atoms with van der Waals surface area (Å²) in [5.41, 5.74) is 7.78. The van der Waals surface area contributed by atoms with E-state index in [-0.39, 0.29) is 0 Å². The number of aromatic nitrogens is 3. The van der Waals surface area contributed by atoms with Crippen LogP contribution in [0.25, 0.3) is 0 Å². The largest absolute Gasteiger partial charge is 0.383 e. The molecule has 0 aliphatic rings. The first-order valence-corrected chi connectivity index (χ1v) is 8.23. The lowest BCUT2D eigenvalue weighted by atomic mass is 9.89. The normalized spacial score (nSPS) is 10.9. The molecule has 0 bridgehead atoms. The fourth-order valence-electron chi connectivity index (χ4n) is 2.12. The van der Waals surface area contributed by atoms with E-state index in [0.717, 1.165) is 11.4 Å². The van der Waals surface area contributed by atoms with Gasteiger partial charge in [-0.15, -0.1) is 0 Å². The molecule has 0 unspecified atom stereocenters. The van der Waals surface area contributed by atoms with Crippen LogP contribution in [0.2, 0.25) is 5.02 Å². The summed E-state index contributed by atoms with van der Waals surface area (Å²) < 4.78 is 4.99. The number of rotatable bonds is 5. The highest BCUT2D eigenvalue weighted by atomic mass is 35.5. The maximum atomic E-state index is 6.06. The number of halogens is 1. The molecule has 0 saturated carbocycles. The summed E-state index contributed by atoms with van der Waals surface area (Å²) in [6, 6.07) is 3.67. The number of nitrogens with zero attached hydrogens (tertiary/aromatic N) is 3. The summed E-state index contributed by atoms with van der Waals surface area (Å²) in [6.07, 6.45) is 1.61. The zero-order valence-electron chi connectivity index (χ0n) is 14.9. The number of nitrogen functional groups attached to an aromatic ring is 1. The molecule has 25 heavy (non-hydrogen) atoms. The molecule has 0 aliphatic heterocycles. The third-order valence-corrected chi connectivity index (χ3v) is 3.80. The van der Waals surface area contributed by atoms with Crippen LogP contribution in [0, 0.1) is 18.8 Å². The van der Waals surface area contributed by atoms with Crippen molar-refractivity contribution in [1.29, 1.82) is 0 Å². The first-order valence-electron chi connectivity index (χ1n) is 7.85. The molecular formula is C18H22ClN5O. The zero-order valence-corrected chi connectivity index (χ0v) is 15.6. The molecule has 6 nitrogen and oxygen atoms in total. The average molecular weight is 360 g/mol. The average Bonchev–Trinajstić information content (AvgIpc) is 2.54. The standard InChI is InChI=1S/C18H22ClN5O/c1-12-14(16(20)24-17(23-12)21-9-10-25-4)7-8-18(2,3)15-6-5-13(19)11-22-15/h5-6,11H,9-10H2,1-4H3,(H3,20,21,23,24). The molecule has 2 rings (SSSR count). The molecule has 0 radical (unpaired) electrons. The second-order valence-corrected chi connectivity index (χ2v) is 6.49. The Labute approximate surface area is 153 Å². The van der Waals surface area contributed by atoms with E-state index in [1.165, 1.54) is 0 Å². The number of pyridine rings is 1. The second kappa shape index (κ2) is 8.15. The molecule has 2 heterocycles. The van der Waals surface area contributed by atoms with E-state index in [0.29, 0.717) is 35.5 Å². The highest BCUT2D eigenvalue weighted by molar-refractivity contribution is 6.30. The van der Waals surface area contributed by atoms with Gasteiger partial charge < -0.3 is 15.8 Å². The van der Waals surface area contributed by atoms with Crippen molar-refractivity contribution < 1.29 is 4.74 Å². The molecule has 2 aromatic heterocycles. The van der Waals surface area contributed by atoms with Crippen molar-refractivity contribution in [2.24, 2.45) is 0 Å². The highest BCUT2D eigenvalue weighted by Gasteiger charge is 2.19. The minimum Gasteiger partial charge on any atom is -0.383 e. The van der Waals surface area contributed by atoms with E-state index < -0.39 is 5.41 Å². The van der Waals surface area contributed by atoms with Crippen LogP contribution in [0.1, 0.15) is 30.8 Å². The first kappa shape index (κ1) is 19.0. The van der Waals surface area contributed by atoms with Gasteiger partial charge in [-0.1, -0.05) is 23.4 Å². The number of methoxy groups -OCH3 is 1. The van der Waals surface area contributed by atoms with E-state index in [1.807, 2.05) is 26.8 Å². The van der Waals surface area contributed by atoms with Gasteiger partial charge in [0.05, 0.1) is 34.0 Å². The van der Waals surface area contributed by atoms with Crippen LogP contribution in [-0.2, 0) is 10.2 Å². The van der Waals surface area contributed by atoms with Gasteiger partial charge in [0, 0.05) is 19.9 Å². The van der Waals surface area contributed by atoms with Gasteiger partial charge in [-0.2, -0.15) is 4.98 Å². The molecule has 0 amide bonds. The summed E-state index contributed by atoms with van der Waals surface area (Å²) in [4.78, 5) is 13.0. The summed E-state index contributed by atoms with van der Waals surface area (Å²) in [6.45, 7) is 7.01. The number of anilines is 2. The fraction of sp³-hybridized carbons (Fsp3) is 0.389. The van der Waals surface area contributed by atoms with E-state index in [9.17, 15) is 0 Å². The predicted octanol–water partition coefficient (Wildman–Crippen LogP) is 2.80. The molecule has 7 heteroatoms. The van der Waals surface area contributed by atoms with Crippen LogP contribution in [0.4, 0.5) is 11.8 Å². The summed E-state index contributed by atoms with van der Waals surface area (Å²) >= 11 is 5.89. The van der Waals surface area contributed by atoms with Crippen LogP contribution in [-0.4, -0.2) is 35.2 Å². The fourth-order valence-corrected chi connectivity index (χ4v) is 2.23. The molecule has 132 valence electrons. The SMILES string of the molecule is COCCNc1nc(C)c(C#CC(C)(C)c2ccc(Cl)cn2)c(N)n1. The summed E-state index contributed by atoms with van der Waals surface area (Å²) in [5.74, 6) is 7.13. The Kier molecular flexibility index (Phi) is 6.18. The second-order valence-electron chi connectivity index (χ2n) is 6.05. The molecule has 2 aromatic rings. The molecule has 0 aromatic carbocycles. The van der Waals surface area contributed by atoms with Crippen molar-refractivity contribution in [2.45, 2.75) is 26.2 Å². The quantitative estimate of drug-likeness (QED) is 0.630. The predicted molar refractivity (Wildman–Crippen MR) is 101 cm³/mol. The van der Waals surface area contributed by atoms with Crippen LogP contribution < -0.4 is 11.1 Å². The molecule has 3 N–H and O–H groups in total. The third-order valence-electron chi connectivity index (χ3n) is 3.57. The van der Waals surface area contributed by atoms with Gasteiger partial charge in [0.1, 0.15) is 5.82 Å². The van der Waals surface area contributed by atoms with Crippen LogP contribution in [0.5, 0.6) is 0 Å². The Balaban J connectivity index is 2.25. The number of hydrogen-bond acceptors (Lipinski definition) is 6. The van der Waals surface area contributed by atoms with Gasteiger partial charge in [0.25, 0.3) is 0 Å². The minimum absolute atomic E-state index is 0.347. The molecular weight excluding hydrogens is 338 g/mol. The van der Waals surface area contributed by atoms with Crippen molar-refractivity contribution >= 4 is 23.4 Å². The monoisotopic (exact) mass is 359 g/mol. The van der Waals surface area contributed by atoms with Crippen molar-refractivity contribution in [3.63, 3.8) is 0 Å². The Bertz CT molecular complexity index is 770. The van der Waals surface area contributed by atoms with E-state index >= 15 is 0 Å². The van der Waals surface area contributed by atoms with Crippen LogP contribution >= 0.6 is 11.6 Å². The molecule has 0 saturated heterocycles. The Morgan fingerprint density at radius 2 is 2.08 bits per heavy atom. The number of nitrogens with two attached hydrogens (primary N) is 1. The maximum Gasteiger partial charge on any atom is 0.225 e. The molecule has 0 aliphatic carbocycles. The van der Waals surface area contributed by atoms with Crippen LogP contribution in [0.15, 0.2) is 18.3 Å². The van der Waals surface area contributed by atoms with E-state index in [4.69, 9.17) is 22.1 Å². The van der Waals surface area contributed by atoms with Crippen molar-refractivity contribution in [3.8, 4) is 11.8 Å². The van der Waals surface area contributed by atoms with Gasteiger partial charge in [-0.25, -0.2) is 4.98 Å². The van der Waals surface area contributed by atoms with Crippen molar-refractivity contribution in [2.75, 3.05) is 31.3 Å². The smallest absolute Gasteiger partial charge is 0.225 e. The first-order chi connectivity index (χ1) is 11.8. The minimum atomic E-state index is -0.459. The van der Waals surface area contributed by atoms with Gasteiger partial charge in [0.2, 0.25) is 5.95 Å². The lowest BCUT2D eigenvalue weighted by molar-refractivity contribution is 0.210. The van der Waals surface area contributed by atoms with Crippen molar-refractivity contribution in [3.05, 3.63) is 40.3 Å². The van der Waals surface area contributed by atoms with E-state index in [2.05, 4.69) is 32.1 Å². The third kappa shape index (κ3) is 5.05. The molecule has 0 spiro atoms. The van der Waals surface area contributed by atoms with E-state index in [1.54, 1.807) is 19.4 Å². The molecule has 0 fully saturated rings. The highest BCUT2D eigenvalue weighted by Crippen LogP contribution is 2.22. The van der Waals surface area contributed by atoms with Gasteiger partial charge in [-0.05, 0) is 32.9 Å². The van der Waals surface area contributed by atoms with Crippen molar-refractivity contribution in [1.82, 2.24) is 15.0 Å².